The highest BCUT2D eigenvalue weighted by atomic mass is 16.3. The van der Waals surface area contributed by atoms with Crippen LogP contribution in [0.3, 0.4) is 0 Å². The largest absolute Gasteiger partial charge is 0.467 e. The Balaban J connectivity index is 1.53. The van der Waals surface area contributed by atoms with Crippen LogP contribution in [0.25, 0.3) is 0 Å². The Labute approximate surface area is 140 Å². The van der Waals surface area contributed by atoms with Crippen LogP contribution < -0.4 is 10.6 Å². The molecule has 2 aromatic heterocycles. The highest BCUT2D eigenvalue weighted by Gasteiger charge is 2.07. The molecule has 0 saturated heterocycles. The van der Waals surface area contributed by atoms with Crippen LogP contribution in [0.2, 0.25) is 0 Å². The van der Waals surface area contributed by atoms with Gasteiger partial charge in [0.15, 0.2) is 0 Å². The van der Waals surface area contributed by atoms with Crippen LogP contribution in [-0.2, 0) is 13.1 Å². The molecule has 0 fully saturated rings. The van der Waals surface area contributed by atoms with Gasteiger partial charge in [-0.3, -0.25) is 4.79 Å². The number of hydrogen-bond acceptors (Lipinski definition) is 5. The molecule has 6 nitrogen and oxygen atoms in total. The number of carbonyl (C=O) groups is 1. The van der Waals surface area contributed by atoms with Gasteiger partial charge in [0.25, 0.3) is 5.91 Å². The molecule has 0 aliphatic carbocycles. The molecule has 122 valence electrons. The fraction of sp³-hybridized carbons (Fsp3) is 0.167. The number of benzene rings is 1. The summed E-state index contributed by atoms with van der Waals surface area (Å²) in [5.74, 6) is 1.04. The molecule has 0 saturated carbocycles. The fourth-order valence-electron chi connectivity index (χ4n) is 2.22. The Kier molecular flexibility index (Phi) is 4.86. The van der Waals surface area contributed by atoms with Crippen molar-refractivity contribution in [2.45, 2.75) is 20.0 Å². The van der Waals surface area contributed by atoms with Gasteiger partial charge in [-0.1, -0.05) is 29.8 Å². The quantitative estimate of drug-likeness (QED) is 0.729. The van der Waals surface area contributed by atoms with Crippen molar-refractivity contribution in [3.63, 3.8) is 0 Å². The van der Waals surface area contributed by atoms with Gasteiger partial charge in [-0.05, 0) is 24.6 Å². The highest BCUT2D eigenvalue weighted by molar-refractivity contribution is 5.93. The Morgan fingerprint density at radius 3 is 2.67 bits per heavy atom. The molecule has 2 N–H and O–H groups in total. The van der Waals surface area contributed by atoms with Crippen molar-refractivity contribution in [3.05, 3.63) is 77.5 Å². The van der Waals surface area contributed by atoms with Crippen molar-refractivity contribution in [2.24, 2.45) is 0 Å². The molecule has 0 spiro atoms. The van der Waals surface area contributed by atoms with Crippen molar-refractivity contribution in [2.75, 3.05) is 5.32 Å². The summed E-state index contributed by atoms with van der Waals surface area (Å²) in [4.78, 5) is 20.4. The molecule has 1 amide bonds. The number of anilines is 1. The van der Waals surface area contributed by atoms with Gasteiger partial charge in [0.05, 0.1) is 18.4 Å². The number of aromatic nitrogens is 2. The first-order valence-electron chi connectivity index (χ1n) is 7.63. The van der Waals surface area contributed by atoms with E-state index in [1.165, 1.54) is 12.4 Å². The second-order valence-electron chi connectivity index (χ2n) is 5.40. The molecule has 3 rings (SSSR count). The maximum Gasteiger partial charge on any atom is 0.254 e. The minimum Gasteiger partial charge on any atom is -0.467 e. The number of rotatable bonds is 6. The normalized spacial score (nSPS) is 10.4. The zero-order valence-corrected chi connectivity index (χ0v) is 13.3. The Bertz CT molecular complexity index is 798. The van der Waals surface area contributed by atoms with E-state index in [4.69, 9.17) is 4.42 Å². The molecule has 0 bridgehead atoms. The molecule has 6 heteroatoms. The van der Waals surface area contributed by atoms with E-state index in [9.17, 15) is 4.79 Å². The average molecular weight is 322 g/mol. The third-order valence-corrected chi connectivity index (χ3v) is 3.45. The summed E-state index contributed by atoms with van der Waals surface area (Å²) in [5, 5.41) is 5.89. The molecule has 0 aliphatic heterocycles. The summed E-state index contributed by atoms with van der Waals surface area (Å²) in [6.07, 6.45) is 4.62. The van der Waals surface area contributed by atoms with Gasteiger partial charge >= 0.3 is 0 Å². The Morgan fingerprint density at radius 1 is 1.12 bits per heavy atom. The van der Waals surface area contributed by atoms with Crippen molar-refractivity contribution >= 4 is 11.9 Å². The Morgan fingerprint density at radius 2 is 1.96 bits per heavy atom. The molecule has 0 aliphatic rings. The van der Waals surface area contributed by atoms with Crippen LogP contribution in [0.15, 0.2) is 59.5 Å². The lowest BCUT2D eigenvalue weighted by Gasteiger charge is -2.07. The minimum atomic E-state index is -0.200. The second kappa shape index (κ2) is 7.41. The summed E-state index contributed by atoms with van der Waals surface area (Å²) in [5.41, 5.74) is 2.64. The summed E-state index contributed by atoms with van der Waals surface area (Å²) < 4.78 is 5.22. The van der Waals surface area contributed by atoms with Crippen LogP contribution >= 0.6 is 0 Å². The van der Waals surface area contributed by atoms with Gasteiger partial charge in [-0.2, -0.15) is 0 Å². The molecule has 1 aromatic carbocycles. The monoisotopic (exact) mass is 322 g/mol. The van der Waals surface area contributed by atoms with E-state index >= 15 is 0 Å². The summed E-state index contributed by atoms with van der Waals surface area (Å²) in [6, 6.07) is 11.7. The molecule has 2 heterocycles. The van der Waals surface area contributed by atoms with E-state index in [0.29, 0.717) is 24.6 Å². The van der Waals surface area contributed by atoms with Gasteiger partial charge < -0.3 is 15.1 Å². The van der Waals surface area contributed by atoms with E-state index in [2.05, 4.69) is 20.6 Å². The first-order valence-corrected chi connectivity index (χ1v) is 7.63. The smallest absolute Gasteiger partial charge is 0.254 e. The van der Waals surface area contributed by atoms with Crippen molar-refractivity contribution < 1.29 is 9.21 Å². The van der Waals surface area contributed by atoms with Gasteiger partial charge in [0, 0.05) is 18.9 Å². The van der Waals surface area contributed by atoms with E-state index in [0.717, 1.165) is 16.9 Å². The third kappa shape index (κ3) is 4.19. The van der Waals surface area contributed by atoms with Gasteiger partial charge in [0.2, 0.25) is 5.95 Å². The number of aryl methyl sites for hydroxylation is 1. The average Bonchev–Trinajstić information content (AvgIpc) is 3.12. The maximum atomic E-state index is 12.1. The van der Waals surface area contributed by atoms with E-state index in [1.54, 1.807) is 6.26 Å². The number of hydrogen-bond donors (Lipinski definition) is 2. The number of furan rings is 1. The topological polar surface area (TPSA) is 80.0 Å². The lowest BCUT2D eigenvalue weighted by Crippen LogP contribution is -2.23. The summed E-state index contributed by atoms with van der Waals surface area (Å²) in [6.45, 7) is 2.98. The second-order valence-corrected chi connectivity index (χ2v) is 5.40. The van der Waals surface area contributed by atoms with E-state index < -0.39 is 0 Å². The predicted molar refractivity (Wildman–Crippen MR) is 90.4 cm³/mol. The Hall–Kier alpha value is -3.15. The third-order valence-electron chi connectivity index (χ3n) is 3.45. The first-order chi connectivity index (χ1) is 11.7. The molecule has 0 unspecified atom stereocenters. The van der Waals surface area contributed by atoms with Crippen LogP contribution in [0, 0.1) is 6.92 Å². The lowest BCUT2D eigenvalue weighted by atomic mass is 10.1. The first kappa shape index (κ1) is 15.7. The summed E-state index contributed by atoms with van der Waals surface area (Å²) in [7, 11) is 0. The fourth-order valence-corrected chi connectivity index (χ4v) is 2.22. The zero-order chi connectivity index (χ0) is 16.8. The number of carbonyl (C=O) groups excluding carboxylic acids is 1. The van der Waals surface area contributed by atoms with E-state index in [-0.39, 0.29) is 5.91 Å². The molecule has 0 radical (unpaired) electrons. The lowest BCUT2D eigenvalue weighted by molar-refractivity contribution is 0.0950. The van der Waals surface area contributed by atoms with Crippen molar-refractivity contribution in [1.82, 2.24) is 15.3 Å². The highest BCUT2D eigenvalue weighted by Crippen LogP contribution is 2.06. The van der Waals surface area contributed by atoms with Crippen LogP contribution in [0.5, 0.6) is 0 Å². The van der Waals surface area contributed by atoms with E-state index in [1.807, 2.05) is 43.3 Å². The molecular formula is C18H18N4O2. The molecular weight excluding hydrogens is 304 g/mol. The standard InChI is InChI=1S/C18H18N4O2/c1-13-4-2-5-14(8-13)9-19-17(23)15-10-20-18(21-11-15)22-12-16-6-3-7-24-16/h2-8,10-11H,9,12H2,1H3,(H,19,23)(H,20,21,22). The molecule has 3 aromatic rings. The van der Waals surface area contributed by atoms with Crippen molar-refractivity contribution in [3.8, 4) is 0 Å². The molecule has 0 atom stereocenters. The number of nitrogens with one attached hydrogen (secondary N) is 2. The van der Waals surface area contributed by atoms with Crippen LogP contribution in [0.1, 0.15) is 27.2 Å². The minimum absolute atomic E-state index is 0.200. The van der Waals surface area contributed by atoms with Gasteiger partial charge in [-0.25, -0.2) is 9.97 Å². The van der Waals surface area contributed by atoms with Gasteiger partial charge in [0.1, 0.15) is 5.76 Å². The van der Waals surface area contributed by atoms with Crippen molar-refractivity contribution in [1.29, 1.82) is 0 Å². The zero-order valence-electron chi connectivity index (χ0n) is 13.3. The number of nitrogens with zero attached hydrogens (tertiary/aromatic N) is 2. The predicted octanol–water partition coefficient (Wildman–Crippen LogP) is 2.92. The van der Waals surface area contributed by atoms with Gasteiger partial charge in [-0.15, -0.1) is 0 Å². The molecule has 24 heavy (non-hydrogen) atoms. The number of amides is 1. The maximum absolute atomic E-state index is 12.1. The van der Waals surface area contributed by atoms with Crippen LogP contribution in [0.4, 0.5) is 5.95 Å². The SMILES string of the molecule is Cc1cccc(CNC(=O)c2cnc(NCc3ccco3)nc2)c1. The summed E-state index contributed by atoms with van der Waals surface area (Å²) >= 11 is 0. The van der Waals surface area contributed by atoms with Crippen LogP contribution in [-0.4, -0.2) is 15.9 Å².